The third-order valence-electron chi connectivity index (χ3n) is 2.01. The molecular formula is C11H8Cl2O2. The van der Waals surface area contributed by atoms with Crippen molar-refractivity contribution in [2.45, 2.75) is 6.10 Å². The standard InChI is InChI=1S/C11H8Cl2O2/c12-8-4-7(5-9(13)6-8)11(14)10-2-1-3-15-10/h1-6,11,14H. The van der Waals surface area contributed by atoms with Crippen LogP contribution in [0.25, 0.3) is 0 Å². The smallest absolute Gasteiger partial charge is 0.137 e. The normalized spacial score (nSPS) is 12.7. The van der Waals surface area contributed by atoms with Crippen molar-refractivity contribution >= 4 is 23.2 Å². The molecule has 0 spiro atoms. The van der Waals surface area contributed by atoms with Crippen LogP contribution in [0.2, 0.25) is 10.0 Å². The van der Waals surface area contributed by atoms with Crippen molar-refractivity contribution in [1.29, 1.82) is 0 Å². The highest BCUT2D eigenvalue weighted by Crippen LogP contribution is 2.27. The Balaban J connectivity index is 2.37. The largest absolute Gasteiger partial charge is 0.466 e. The molecule has 15 heavy (non-hydrogen) atoms. The summed E-state index contributed by atoms with van der Waals surface area (Å²) in [6.45, 7) is 0. The first-order valence-corrected chi connectivity index (χ1v) is 5.10. The number of aliphatic hydroxyl groups is 1. The van der Waals surface area contributed by atoms with Crippen molar-refractivity contribution in [2.24, 2.45) is 0 Å². The highest BCUT2D eigenvalue weighted by molar-refractivity contribution is 6.34. The molecule has 78 valence electrons. The Labute approximate surface area is 97.0 Å². The van der Waals surface area contributed by atoms with Gasteiger partial charge < -0.3 is 9.52 Å². The number of aliphatic hydroxyl groups excluding tert-OH is 1. The monoisotopic (exact) mass is 242 g/mol. The second-order valence-electron chi connectivity index (χ2n) is 3.12. The van der Waals surface area contributed by atoms with Crippen molar-refractivity contribution in [3.63, 3.8) is 0 Å². The lowest BCUT2D eigenvalue weighted by Crippen LogP contribution is -1.97. The summed E-state index contributed by atoms with van der Waals surface area (Å²) in [7, 11) is 0. The molecule has 0 bridgehead atoms. The van der Waals surface area contributed by atoms with Gasteiger partial charge in [-0.05, 0) is 35.9 Å². The number of halogens is 2. The van der Waals surface area contributed by atoms with Gasteiger partial charge in [0.1, 0.15) is 11.9 Å². The summed E-state index contributed by atoms with van der Waals surface area (Å²) >= 11 is 11.7. The van der Waals surface area contributed by atoms with E-state index in [-0.39, 0.29) is 0 Å². The van der Waals surface area contributed by atoms with Gasteiger partial charge in [-0.3, -0.25) is 0 Å². The van der Waals surface area contributed by atoms with E-state index in [2.05, 4.69) is 0 Å². The lowest BCUT2D eigenvalue weighted by molar-refractivity contribution is 0.189. The first kappa shape index (κ1) is 10.6. The Morgan fingerprint density at radius 2 is 1.80 bits per heavy atom. The summed E-state index contributed by atoms with van der Waals surface area (Å²) in [4.78, 5) is 0. The summed E-state index contributed by atoms with van der Waals surface area (Å²) in [6.07, 6.45) is 0.668. The van der Waals surface area contributed by atoms with E-state index in [1.165, 1.54) is 6.26 Å². The lowest BCUT2D eigenvalue weighted by atomic mass is 10.1. The molecule has 0 aliphatic heterocycles. The molecule has 0 aliphatic rings. The van der Waals surface area contributed by atoms with Crippen LogP contribution in [0, 0.1) is 0 Å². The minimum atomic E-state index is -0.837. The second-order valence-corrected chi connectivity index (χ2v) is 3.99. The molecule has 1 heterocycles. The van der Waals surface area contributed by atoms with Crippen molar-refractivity contribution in [3.8, 4) is 0 Å². The summed E-state index contributed by atoms with van der Waals surface area (Å²) in [5, 5.41) is 10.9. The molecule has 2 rings (SSSR count). The van der Waals surface area contributed by atoms with E-state index in [9.17, 15) is 5.11 Å². The van der Waals surface area contributed by atoms with Crippen LogP contribution in [-0.4, -0.2) is 5.11 Å². The van der Waals surface area contributed by atoms with Crippen molar-refractivity contribution in [1.82, 2.24) is 0 Å². The molecule has 0 amide bonds. The molecule has 0 saturated carbocycles. The maximum Gasteiger partial charge on any atom is 0.137 e. The number of furan rings is 1. The van der Waals surface area contributed by atoms with Gasteiger partial charge in [-0.15, -0.1) is 0 Å². The predicted octanol–water partition coefficient (Wildman–Crippen LogP) is 3.67. The first-order chi connectivity index (χ1) is 7.16. The highest BCUT2D eigenvalue weighted by atomic mass is 35.5. The van der Waals surface area contributed by atoms with Gasteiger partial charge in [-0.25, -0.2) is 0 Å². The van der Waals surface area contributed by atoms with Crippen LogP contribution in [-0.2, 0) is 0 Å². The van der Waals surface area contributed by atoms with Gasteiger partial charge in [0, 0.05) is 10.0 Å². The third kappa shape index (κ3) is 2.34. The van der Waals surface area contributed by atoms with Crippen LogP contribution in [0.4, 0.5) is 0 Å². The highest BCUT2D eigenvalue weighted by Gasteiger charge is 2.14. The molecule has 0 saturated heterocycles. The van der Waals surface area contributed by atoms with Gasteiger partial charge in [0.25, 0.3) is 0 Å². The zero-order valence-electron chi connectivity index (χ0n) is 7.65. The zero-order chi connectivity index (χ0) is 10.8. The topological polar surface area (TPSA) is 33.4 Å². The summed E-state index contributed by atoms with van der Waals surface area (Å²) in [5.41, 5.74) is 0.613. The molecule has 2 nitrogen and oxygen atoms in total. The zero-order valence-corrected chi connectivity index (χ0v) is 9.16. The van der Waals surface area contributed by atoms with Crippen molar-refractivity contribution < 1.29 is 9.52 Å². The molecule has 1 unspecified atom stereocenters. The van der Waals surface area contributed by atoms with Crippen LogP contribution in [0.3, 0.4) is 0 Å². The van der Waals surface area contributed by atoms with Crippen LogP contribution < -0.4 is 0 Å². The number of hydrogen-bond acceptors (Lipinski definition) is 2. The van der Waals surface area contributed by atoms with Gasteiger partial charge in [-0.2, -0.15) is 0 Å². The molecule has 1 aromatic heterocycles. The van der Waals surface area contributed by atoms with E-state index >= 15 is 0 Å². The summed E-state index contributed by atoms with van der Waals surface area (Å²) < 4.78 is 5.09. The van der Waals surface area contributed by atoms with E-state index < -0.39 is 6.10 Å². The van der Waals surface area contributed by atoms with E-state index in [1.54, 1.807) is 30.3 Å². The SMILES string of the molecule is OC(c1cc(Cl)cc(Cl)c1)c1ccco1. The maximum atomic E-state index is 9.92. The van der Waals surface area contributed by atoms with Crippen LogP contribution in [0.5, 0.6) is 0 Å². The van der Waals surface area contributed by atoms with Gasteiger partial charge >= 0.3 is 0 Å². The molecule has 4 heteroatoms. The Morgan fingerprint density at radius 1 is 1.13 bits per heavy atom. The van der Waals surface area contributed by atoms with Gasteiger partial charge in [0.15, 0.2) is 0 Å². The quantitative estimate of drug-likeness (QED) is 0.872. The fraction of sp³-hybridized carbons (Fsp3) is 0.0909. The maximum absolute atomic E-state index is 9.92. The average molecular weight is 243 g/mol. The molecule has 1 aromatic carbocycles. The van der Waals surface area contributed by atoms with E-state index in [0.717, 1.165) is 0 Å². The second kappa shape index (κ2) is 4.27. The number of rotatable bonds is 2. The number of benzene rings is 1. The Hall–Kier alpha value is -0.960. The van der Waals surface area contributed by atoms with Crippen LogP contribution in [0.1, 0.15) is 17.4 Å². The Bertz CT molecular complexity index is 431. The lowest BCUT2D eigenvalue weighted by Gasteiger charge is -2.08. The van der Waals surface area contributed by atoms with Crippen molar-refractivity contribution in [3.05, 3.63) is 58.0 Å². The molecule has 0 fully saturated rings. The third-order valence-corrected chi connectivity index (χ3v) is 2.45. The fourth-order valence-corrected chi connectivity index (χ4v) is 1.89. The van der Waals surface area contributed by atoms with E-state index in [0.29, 0.717) is 21.4 Å². The molecule has 1 atom stereocenters. The summed E-state index contributed by atoms with van der Waals surface area (Å²) in [5.74, 6) is 0.466. The molecule has 2 aromatic rings. The Morgan fingerprint density at radius 3 is 2.33 bits per heavy atom. The van der Waals surface area contributed by atoms with Crippen molar-refractivity contribution in [2.75, 3.05) is 0 Å². The van der Waals surface area contributed by atoms with Gasteiger partial charge in [-0.1, -0.05) is 23.2 Å². The average Bonchev–Trinajstić information content (AvgIpc) is 2.67. The minimum Gasteiger partial charge on any atom is -0.466 e. The Kier molecular flexibility index (Phi) is 3.00. The van der Waals surface area contributed by atoms with Gasteiger partial charge in [0.2, 0.25) is 0 Å². The molecule has 0 radical (unpaired) electrons. The van der Waals surface area contributed by atoms with Gasteiger partial charge in [0.05, 0.1) is 6.26 Å². The van der Waals surface area contributed by atoms with Crippen LogP contribution in [0.15, 0.2) is 41.0 Å². The summed E-state index contributed by atoms with van der Waals surface area (Å²) in [6, 6.07) is 8.33. The van der Waals surface area contributed by atoms with E-state index in [1.807, 2.05) is 0 Å². The molecule has 1 N–H and O–H groups in total. The van der Waals surface area contributed by atoms with E-state index in [4.69, 9.17) is 27.6 Å². The first-order valence-electron chi connectivity index (χ1n) is 4.34. The molecular weight excluding hydrogens is 235 g/mol. The fourth-order valence-electron chi connectivity index (χ4n) is 1.34. The van der Waals surface area contributed by atoms with Crippen LogP contribution >= 0.6 is 23.2 Å². The minimum absolute atomic E-state index is 0.466. The predicted molar refractivity (Wildman–Crippen MR) is 59.2 cm³/mol. The number of hydrogen-bond donors (Lipinski definition) is 1. The molecule has 0 aliphatic carbocycles.